The lowest BCUT2D eigenvalue weighted by Gasteiger charge is -2.01. The summed E-state index contributed by atoms with van der Waals surface area (Å²) in [6.07, 6.45) is 1.40. The standard InChI is InChI=1S/C14H13N3O3/c18-10-11-5-7-13(8-6-11)16-15-9-12-3-1-2-4-14(12)17(19)20/h1-9,16,18H,10H2/b15-9+. The van der Waals surface area contributed by atoms with E-state index in [9.17, 15) is 10.1 Å². The molecule has 0 aliphatic carbocycles. The molecule has 0 saturated heterocycles. The molecule has 0 aromatic heterocycles. The highest BCUT2D eigenvalue weighted by molar-refractivity contribution is 5.85. The highest BCUT2D eigenvalue weighted by Gasteiger charge is 2.09. The summed E-state index contributed by atoms with van der Waals surface area (Å²) >= 11 is 0. The molecule has 2 N–H and O–H groups in total. The Balaban J connectivity index is 2.08. The highest BCUT2D eigenvalue weighted by atomic mass is 16.6. The third kappa shape index (κ3) is 3.39. The van der Waals surface area contributed by atoms with E-state index in [4.69, 9.17) is 5.11 Å². The van der Waals surface area contributed by atoms with Crippen LogP contribution in [0.15, 0.2) is 53.6 Å². The Bertz CT molecular complexity index is 624. The molecule has 0 heterocycles. The molecule has 102 valence electrons. The Labute approximate surface area is 115 Å². The largest absolute Gasteiger partial charge is 0.392 e. The number of benzene rings is 2. The van der Waals surface area contributed by atoms with Crippen molar-refractivity contribution in [1.82, 2.24) is 0 Å². The number of hydrogen-bond acceptors (Lipinski definition) is 5. The zero-order valence-electron chi connectivity index (χ0n) is 10.6. The summed E-state index contributed by atoms with van der Waals surface area (Å²) in [5, 5.41) is 23.7. The molecule has 0 radical (unpaired) electrons. The SMILES string of the molecule is O=[N+]([O-])c1ccccc1/C=N/Nc1ccc(CO)cc1. The van der Waals surface area contributed by atoms with Crippen molar-refractivity contribution in [2.24, 2.45) is 5.10 Å². The lowest BCUT2D eigenvalue weighted by atomic mass is 10.2. The first-order valence-electron chi connectivity index (χ1n) is 5.93. The van der Waals surface area contributed by atoms with Crippen LogP contribution in [0, 0.1) is 10.1 Å². The van der Waals surface area contributed by atoms with Crippen LogP contribution < -0.4 is 5.43 Å². The molecule has 0 aliphatic rings. The Morgan fingerprint density at radius 2 is 1.90 bits per heavy atom. The summed E-state index contributed by atoms with van der Waals surface area (Å²) in [7, 11) is 0. The van der Waals surface area contributed by atoms with Crippen LogP contribution >= 0.6 is 0 Å². The molecule has 6 heteroatoms. The van der Waals surface area contributed by atoms with E-state index in [1.165, 1.54) is 12.3 Å². The molecule has 0 unspecified atom stereocenters. The van der Waals surface area contributed by atoms with Crippen LogP contribution in [-0.4, -0.2) is 16.2 Å². The molecule has 0 amide bonds. The Kier molecular flexibility index (Phi) is 4.41. The second-order valence-electron chi connectivity index (χ2n) is 4.04. The number of aliphatic hydroxyl groups excluding tert-OH is 1. The Morgan fingerprint density at radius 3 is 2.55 bits per heavy atom. The molecule has 2 aromatic carbocycles. The van der Waals surface area contributed by atoms with Gasteiger partial charge in [-0.2, -0.15) is 5.10 Å². The summed E-state index contributed by atoms with van der Waals surface area (Å²) in [6, 6.07) is 13.4. The fraction of sp³-hybridized carbons (Fsp3) is 0.0714. The van der Waals surface area contributed by atoms with Crippen LogP contribution in [0.5, 0.6) is 0 Å². The lowest BCUT2D eigenvalue weighted by molar-refractivity contribution is -0.385. The van der Waals surface area contributed by atoms with Crippen molar-refractivity contribution in [3.63, 3.8) is 0 Å². The summed E-state index contributed by atoms with van der Waals surface area (Å²) in [5.41, 5.74) is 4.75. The van der Waals surface area contributed by atoms with Crippen molar-refractivity contribution in [3.05, 3.63) is 69.8 Å². The number of aliphatic hydroxyl groups is 1. The number of nitro groups is 1. The van der Waals surface area contributed by atoms with Gasteiger partial charge in [0.05, 0.1) is 29.0 Å². The highest BCUT2D eigenvalue weighted by Crippen LogP contribution is 2.15. The van der Waals surface area contributed by atoms with Crippen molar-refractivity contribution < 1.29 is 10.0 Å². The number of nitro benzene ring substituents is 1. The normalized spacial score (nSPS) is 10.7. The topological polar surface area (TPSA) is 87.8 Å². The van der Waals surface area contributed by atoms with E-state index in [2.05, 4.69) is 10.5 Å². The van der Waals surface area contributed by atoms with Gasteiger partial charge in [0.1, 0.15) is 0 Å². The number of hydrogen-bond donors (Lipinski definition) is 2. The average Bonchev–Trinajstić information content (AvgIpc) is 2.48. The monoisotopic (exact) mass is 271 g/mol. The van der Waals surface area contributed by atoms with Crippen molar-refractivity contribution in [2.75, 3.05) is 5.43 Å². The minimum absolute atomic E-state index is 0.00804. The molecular formula is C14H13N3O3. The maximum Gasteiger partial charge on any atom is 0.278 e. The molecule has 6 nitrogen and oxygen atoms in total. The smallest absolute Gasteiger partial charge is 0.278 e. The van der Waals surface area contributed by atoms with E-state index in [-0.39, 0.29) is 12.3 Å². The minimum Gasteiger partial charge on any atom is -0.392 e. The lowest BCUT2D eigenvalue weighted by Crippen LogP contribution is -1.96. The third-order valence-electron chi connectivity index (χ3n) is 2.67. The number of anilines is 1. The van der Waals surface area contributed by atoms with Crippen LogP contribution in [0.1, 0.15) is 11.1 Å². The first kappa shape index (κ1) is 13.7. The fourth-order valence-electron chi connectivity index (χ4n) is 1.62. The summed E-state index contributed by atoms with van der Waals surface area (Å²) in [5.74, 6) is 0. The van der Waals surface area contributed by atoms with Gasteiger partial charge in [-0.3, -0.25) is 15.5 Å². The van der Waals surface area contributed by atoms with Crippen LogP contribution in [0.25, 0.3) is 0 Å². The average molecular weight is 271 g/mol. The van der Waals surface area contributed by atoms with Gasteiger partial charge < -0.3 is 5.11 Å². The molecule has 0 spiro atoms. The number of nitrogens with zero attached hydrogens (tertiary/aromatic N) is 2. The fourth-order valence-corrected chi connectivity index (χ4v) is 1.62. The summed E-state index contributed by atoms with van der Waals surface area (Å²) in [6.45, 7) is -0.0141. The van der Waals surface area contributed by atoms with Crippen molar-refractivity contribution >= 4 is 17.6 Å². The molecular weight excluding hydrogens is 258 g/mol. The molecule has 2 rings (SSSR count). The van der Waals surface area contributed by atoms with E-state index < -0.39 is 4.92 Å². The van der Waals surface area contributed by atoms with Crippen LogP contribution in [-0.2, 0) is 6.61 Å². The predicted octanol–water partition coefficient (Wildman–Crippen LogP) is 2.53. The maximum absolute atomic E-state index is 10.8. The van der Waals surface area contributed by atoms with Gasteiger partial charge in [0.25, 0.3) is 5.69 Å². The first-order chi connectivity index (χ1) is 9.70. The number of hydrazone groups is 1. The molecule has 0 atom stereocenters. The molecule has 0 fully saturated rings. The summed E-state index contributed by atoms with van der Waals surface area (Å²) < 4.78 is 0. The molecule has 0 bridgehead atoms. The van der Waals surface area contributed by atoms with E-state index in [0.717, 1.165) is 11.3 Å². The van der Waals surface area contributed by atoms with Crippen molar-refractivity contribution in [3.8, 4) is 0 Å². The Hall–Kier alpha value is -2.73. The predicted molar refractivity (Wildman–Crippen MR) is 76.7 cm³/mol. The maximum atomic E-state index is 10.8. The third-order valence-corrected chi connectivity index (χ3v) is 2.67. The van der Waals surface area contributed by atoms with Crippen LogP contribution in [0.4, 0.5) is 11.4 Å². The summed E-state index contributed by atoms with van der Waals surface area (Å²) in [4.78, 5) is 10.4. The number of para-hydroxylation sites is 1. The first-order valence-corrected chi connectivity index (χ1v) is 5.93. The van der Waals surface area contributed by atoms with Gasteiger partial charge in [0.2, 0.25) is 0 Å². The van der Waals surface area contributed by atoms with Crippen molar-refractivity contribution in [1.29, 1.82) is 0 Å². The van der Waals surface area contributed by atoms with Gasteiger partial charge in [-0.05, 0) is 23.8 Å². The zero-order valence-corrected chi connectivity index (χ0v) is 10.6. The number of nitrogens with one attached hydrogen (secondary N) is 1. The minimum atomic E-state index is -0.447. The van der Waals surface area contributed by atoms with Gasteiger partial charge in [-0.25, -0.2) is 0 Å². The molecule has 0 saturated carbocycles. The second-order valence-corrected chi connectivity index (χ2v) is 4.04. The quantitative estimate of drug-likeness (QED) is 0.497. The van der Waals surface area contributed by atoms with Crippen LogP contribution in [0.2, 0.25) is 0 Å². The van der Waals surface area contributed by atoms with E-state index in [0.29, 0.717) is 5.56 Å². The number of rotatable bonds is 5. The van der Waals surface area contributed by atoms with Gasteiger partial charge in [-0.1, -0.05) is 24.3 Å². The van der Waals surface area contributed by atoms with E-state index >= 15 is 0 Å². The van der Waals surface area contributed by atoms with Crippen LogP contribution in [0.3, 0.4) is 0 Å². The zero-order chi connectivity index (χ0) is 14.4. The van der Waals surface area contributed by atoms with Crippen molar-refractivity contribution in [2.45, 2.75) is 6.61 Å². The molecule has 0 aliphatic heterocycles. The van der Waals surface area contributed by atoms with Gasteiger partial charge in [-0.15, -0.1) is 0 Å². The van der Waals surface area contributed by atoms with Gasteiger partial charge in [0.15, 0.2) is 0 Å². The van der Waals surface area contributed by atoms with E-state index in [1.807, 2.05) is 0 Å². The second kappa shape index (κ2) is 6.44. The van der Waals surface area contributed by atoms with Gasteiger partial charge in [0, 0.05) is 6.07 Å². The Morgan fingerprint density at radius 1 is 1.20 bits per heavy atom. The van der Waals surface area contributed by atoms with E-state index in [1.54, 1.807) is 42.5 Å². The molecule has 2 aromatic rings. The van der Waals surface area contributed by atoms with Gasteiger partial charge >= 0.3 is 0 Å². The molecule has 20 heavy (non-hydrogen) atoms.